The van der Waals surface area contributed by atoms with E-state index in [-0.39, 0.29) is 18.4 Å². The molecule has 0 aromatic rings. The molecule has 0 aromatic heterocycles. The molecule has 1 fully saturated rings. The van der Waals surface area contributed by atoms with Gasteiger partial charge in [0.25, 0.3) is 5.91 Å². The van der Waals surface area contributed by atoms with Crippen molar-refractivity contribution in [3.63, 3.8) is 0 Å². The van der Waals surface area contributed by atoms with E-state index in [1.807, 2.05) is 0 Å². The van der Waals surface area contributed by atoms with Crippen LogP contribution in [0.25, 0.3) is 0 Å². The lowest BCUT2D eigenvalue weighted by atomic mass is 10.3. The van der Waals surface area contributed by atoms with Crippen LogP contribution in [0.1, 0.15) is 6.92 Å². The van der Waals surface area contributed by atoms with E-state index in [2.05, 4.69) is 15.6 Å². The lowest BCUT2D eigenvalue weighted by Gasteiger charge is -2.03. The zero-order valence-corrected chi connectivity index (χ0v) is 5.51. The average Bonchev–Trinajstić information content (AvgIpc) is 2.15. The van der Waals surface area contributed by atoms with Gasteiger partial charge in [-0.15, -0.1) is 0 Å². The SMILES string of the molecule is CC(=O)NC1CONC1=O. The molecule has 1 rings (SSSR count). The Kier molecular flexibility index (Phi) is 1.86. The number of hydrogen-bond donors (Lipinski definition) is 2. The van der Waals surface area contributed by atoms with Crippen LogP contribution in [0.4, 0.5) is 0 Å². The summed E-state index contributed by atoms with van der Waals surface area (Å²) < 4.78 is 0. The quantitative estimate of drug-likeness (QED) is 0.473. The molecule has 0 saturated carbocycles. The molecule has 0 aromatic carbocycles. The monoisotopic (exact) mass is 144 g/mol. The van der Waals surface area contributed by atoms with Gasteiger partial charge in [-0.25, -0.2) is 5.48 Å². The second-order valence-electron chi connectivity index (χ2n) is 2.03. The lowest BCUT2D eigenvalue weighted by Crippen LogP contribution is -2.40. The van der Waals surface area contributed by atoms with Crippen molar-refractivity contribution in [1.29, 1.82) is 0 Å². The van der Waals surface area contributed by atoms with Gasteiger partial charge in [-0.2, -0.15) is 0 Å². The first-order valence-corrected chi connectivity index (χ1v) is 2.89. The summed E-state index contributed by atoms with van der Waals surface area (Å²) in [6.07, 6.45) is 0. The van der Waals surface area contributed by atoms with Crippen LogP contribution in [0.15, 0.2) is 0 Å². The first-order chi connectivity index (χ1) is 4.70. The molecule has 2 amide bonds. The normalized spacial score (nSPS) is 24.1. The van der Waals surface area contributed by atoms with Crippen molar-refractivity contribution in [2.24, 2.45) is 0 Å². The van der Waals surface area contributed by atoms with E-state index in [1.54, 1.807) is 0 Å². The number of carbonyl (C=O) groups is 2. The van der Waals surface area contributed by atoms with Crippen LogP contribution in [0.5, 0.6) is 0 Å². The Morgan fingerprint density at radius 3 is 3.00 bits per heavy atom. The van der Waals surface area contributed by atoms with Crippen LogP contribution in [0, 0.1) is 0 Å². The molecule has 0 bridgehead atoms. The van der Waals surface area contributed by atoms with E-state index in [9.17, 15) is 9.59 Å². The van der Waals surface area contributed by atoms with E-state index in [0.29, 0.717) is 0 Å². The Balaban J connectivity index is 2.40. The topological polar surface area (TPSA) is 67.4 Å². The van der Waals surface area contributed by atoms with Gasteiger partial charge < -0.3 is 5.32 Å². The number of hydroxylamine groups is 1. The van der Waals surface area contributed by atoms with Crippen LogP contribution in [0.2, 0.25) is 0 Å². The Morgan fingerprint density at radius 2 is 2.60 bits per heavy atom. The third-order valence-electron chi connectivity index (χ3n) is 1.12. The third-order valence-corrected chi connectivity index (χ3v) is 1.12. The minimum Gasteiger partial charge on any atom is -0.342 e. The molecule has 5 heteroatoms. The highest BCUT2D eigenvalue weighted by atomic mass is 16.7. The van der Waals surface area contributed by atoms with Crippen LogP contribution >= 0.6 is 0 Å². The summed E-state index contributed by atoms with van der Waals surface area (Å²) in [4.78, 5) is 25.6. The van der Waals surface area contributed by atoms with Crippen LogP contribution < -0.4 is 10.8 Å². The Labute approximate surface area is 57.7 Å². The van der Waals surface area contributed by atoms with Crippen molar-refractivity contribution >= 4 is 11.8 Å². The van der Waals surface area contributed by atoms with Crippen molar-refractivity contribution in [3.05, 3.63) is 0 Å². The van der Waals surface area contributed by atoms with Crippen LogP contribution in [-0.4, -0.2) is 24.5 Å². The summed E-state index contributed by atoms with van der Waals surface area (Å²) in [7, 11) is 0. The highest BCUT2D eigenvalue weighted by Crippen LogP contribution is 1.92. The van der Waals surface area contributed by atoms with E-state index >= 15 is 0 Å². The Hall–Kier alpha value is -1.10. The minimum atomic E-state index is -0.516. The van der Waals surface area contributed by atoms with E-state index in [0.717, 1.165) is 0 Å². The first-order valence-electron chi connectivity index (χ1n) is 2.89. The number of amides is 2. The van der Waals surface area contributed by atoms with Crippen molar-refractivity contribution in [1.82, 2.24) is 10.8 Å². The predicted octanol–water partition coefficient (Wildman–Crippen LogP) is -1.45. The smallest absolute Gasteiger partial charge is 0.268 e. The highest BCUT2D eigenvalue weighted by Gasteiger charge is 2.25. The van der Waals surface area contributed by atoms with Gasteiger partial charge in [-0.05, 0) is 0 Å². The zero-order chi connectivity index (χ0) is 7.56. The largest absolute Gasteiger partial charge is 0.342 e. The van der Waals surface area contributed by atoms with Crippen LogP contribution in [0.3, 0.4) is 0 Å². The molecule has 1 saturated heterocycles. The molecule has 1 unspecified atom stereocenters. The zero-order valence-electron chi connectivity index (χ0n) is 5.51. The number of carbonyl (C=O) groups excluding carboxylic acids is 2. The number of nitrogens with one attached hydrogen (secondary N) is 2. The van der Waals surface area contributed by atoms with Gasteiger partial charge >= 0.3 is 0 Å². The van der Waals surface area contributed by atoms with Gasteiger partial charge in [0, 0.05) is 6.92 Å². The number of hydrogen-bond acceptors (Lipinski definition) is 3. The van der Waals surface area contributed by atoms with Gasteiger partial charge in [0.1, 0.15) is 12.6 Å². The van der Waals surface area contributed by atoms with E-state index in [4.69, 9.17) is 0 Å². The summed E-state index contributed by atoms with van der Waals surface area (Å²) in [6.45, 7) is 1.56. The van der Waals surface area contributed by atoms with Crippen LogP contribution in [-0.2, 0) is 14.4 Å². The molecule has 0 spiro atoms. The van der Waals surface area contributed by atoms with Gasteiger partial charge in [0.05, 0.1) is 0 Å². The maximum atomic E-state index is 10.7. The molecular formula is C5H8N2O3. The highest BCUT2D eigenvalue weighted by molar-refractivity contribution is 5.87. The van der Waals surface area contributed by atoms with Crippen molar-refractivity contribution < 1.29 is 14.4 Å². The van der Waals surface area contributed by atoms with Crippen molar-refractivity contribution in [2.45, 2.75) is 13.0 Å². The van der Waals surface area contributed by atoms with Crippen molar-refractivity contribution in [2.75, 3.05) is 6.61 Å². The standard InChI is InChI=1S/C5H8N2O3/c1-3(8)6-4-2-10-7-5(4)9/h4H,2H2,1H3,(H,6,8)(H,7,9). The fraction of sp³-hybridized carbons (Fsp3) is 0.600. The predicted molar refractivity (Wildman–Crippen MR) is 31.7 cm³/mol. The summed E-state index contributed by atoms with van der Waals surface area (Å²) in [5, 5.41) is 2.42. The summed E-state index contributed by atoms with van der Waals surface area (Å²) in [5.74, 6) is -0.527. The van der Waals surface area contributed by atoms with Gasteiger partial charge in [0.2, 0.25) is 5.91 Å². The molecule has 5 nitrogen and oxygen atoms in total. The summed E-state index contributed by atoms with van der Waals surface area (Å²) in [6, 6.07) is -0.516. The summed E-state index contributed by atoms with van der Waals surface area (Å²) >= 11 is 0. The molecule has 1 aliphatic rings. The molecule has 0 radical (unpaired) electrons. The van der Waals surface area contributed by atoms with E-state index in [1.165, 1.54) is 6.92 Å². The molecule has 0 aliphatic carbocycles. The molecule has 1 aliphatic heterocycles. The second kappa shape index (κ2) is 2.66. The summed E-state index contributed by atoms with van der Waals surface area (Å²) in [5.41, 5.74) is 2.12. The molecule has 1 heterocycles. The maximum absolute atomic E-state index is 10.7. The van der Waals surface area contributed by atoms with Crippen molar-refractivity contribution in [3.8, 4) is 0 Å². The Morgan fingerprint density at radius 1 is 1.90 bits per heavy atom. The number of rotatable bonds is 1. The third kappa shape index (κ3) is 1.44. The molecule has 2 N–H and O–H groups in total. The van der Waals surface area contributed by atoms with Gasteiger partial charge in [0.15, 0.2) is 0 Å². The molecule has 1 atom stereocenters. The fourth-order valence-electron chi connectivity index (χ4n) is 0.696. The molecule has 10 heavy (non-hydrogen) atoms. The lowest BCUT2D eigenvalue weighted by molar-refractivity contribution is -0.128. The second-order valence-corrected chi connectivity index (χ2v) is 2.03. The molecular weight excluding hydrogens is 136 g/mol. The van der Waals surface area contributed by atoms with E-state index < -0.39 is 6.04 Å². The first kappa shape index (κ1) is 7.01. The fourth-order valence-corrected chi connectivity index (χ4v) is 0.696. The Bertz CT molecular complexity index is 168. The molecule has 56 valence electrons. The van der Waals surface area contributed by atoms with Gasteiger partial charge in [-0.1, -0.05) is 0 Å². The minimum absolute atomic E-state index is 0.207. The maximum Gasteiger partial charge on any atom is 0.268 e. The van der Waals surface area contributed by atoms with Gasteiger partial charge in [-0.3, -0.25) is 14.4 Å². The average molecular weight is 144 g/mol.